The van der Waals surface area contributed by atoms with Gasteiger partial charge in [0, 0.05) is 37.7 Å². The van der Waals surface area contributed by atoms with Gasteiger partial charge in [0.25, 0.3) is 5.91 Å². The molecule has 0 unspecified atom stereocenters. The van der Waals surface area contributed by atoms with Gasteiger partial charge in [0.1, 0.15) is 6.61 Å². The summed E-state index contributed by atoms with van der Waals surface area (Å²) in [7, 11) is 1.61. The zero-order chi connectivity index (χ0) is 25.2. The molecule has 1 amide bonds. The monoisotopic (exact) mass is 506 g/mol. The molecule has 0 atom stereocenters. The second kappa shape index (κ2) is 13.1. The van der Waals surface area contributed by atoms with Gasteiger partial charge in [0.2, 0.25) is 0 Å². The van der Waals surface area contributed by atoms with Crippen LogP contribution in [0.15, 0.2) is 77.9 Å². The fourth-order valence-electron chi connectivity index (χ4n) is 4.01. The van der Waals surface area contributed by atoms with Crippen LogP contribution in [0.3, 0.4) is 0 Å². The van der Waals surface area contributed by atoms with E-state index < -0.39 is 0 Å². The summed E-state index contributed by atoms with van der Waals surface area (Å²) in [4.78, 5) is 16.9. The normalized spacial score (nSPS) is 14.6. The molecule has 1 aliphatic rings. The van der Waals surface area contributed by atoms with Crippen LogP contribution in [0.5, 0.6) is 11.5 Å². The van der Waals surface area contributed by atoms with E-state index in [-0.39, 0.29) is 5.91 Å². The predicted molar refractivity (Wildman–Crippen MR) is 143 cm³/mol. The van der Waals surface area contributed by atoms with Crippen molar-refractivity contribution in [1.29, 1.82) is 0 Å². The molecule has 8 heteroatoms. The first-order valence-electron chi connectivity index (χ1n) is 12.0. The second-order valence-electron chi connectivity index (χ2n) is 8.62. The number of methoxy groups -OCH3 is 1. The Morgan fingerprint density at radius 1 is 0.972 bits per heavy atom. The topological polar surface area (TPSA) is 66.4 Å². The molecule has 0 radical (unpaired) electrons. The highest BCUT2D eigenvalue weighted by Gasteiger charge is 2.19. The van der Waals surface area contributed by atoms with Crippen molar-refractivity contribution in [3.05, 3.63) is 94.5 Å². The summed E-state index contributed by atoms with van der Waals surface area (Å²) >= 11 is 6.28. The number of nitrogens with one attached hydrogen (secondary N) is 1. The molecule has 0 bridgehead atoms. The van der Waals surface area contributed by atoms with Crippen LogP contribution in [0.1, 0.15) is 16.7 Å². The van der Waals surface area contributed by atoms with E-state index in [1.165, 1.54) is 0 Å². The van der Waals surface area contributed by atoms with Crippen LogP contribution >= 0.6 is 11.6 Å². The lowest BCUT2D eigenvalue weighted by atomic mass is 10.2. The number of rotatable bonds is 10. The van der Waals surface area contributed by atoms with Crippen molar-refractivity contribution in [2.75, 3.05) is 39.8 Å². The molecule has 7 nitrogen and oxygen atoms in total. The number of piperazine rings is 1. The molecule has 1 aliphatic heterocycles. The van der Waals surface area contributed by atoms with Crippen molar-refractivity contribution in [1.82, 2.24) is 15.2 Å². The van der Waals surface area contributed by atoms with E-state index in [2.05, 4.69) is 26.4 Å². The summed E-state index contributed by atoms with van der Waals surface area (Å²) in [5.41, 5.74) is 5.62. The predicted octanol–water partition coefficient (Wildman–Crippen LogP) is 4.20. The van der Waals surface area contributed by atoms with Gasteiger partial charge in [0.05, 0.1) is 19.9 Å². The maximum atomic E-state index is 12.4. The summed E-state index contributed by atoms with van der Waals surface area (Å²) < 4.78 is 11.4. The number of carbonyl (C=O) groups is 1. The van der Waals surface area contributed by atoms with E-state index in [1.807, 2.05) is 66.7 Å². The Bertz CT molecular complexity index is 1160. The van der Waals surface area contributed by atoms with E-state index in [1.54, 1.807) is 13.3 Å². The number of nitrogens with zero attached hydrogens (tertiary/aromatic N) is 3. The van der Waals surface area contributed by atoms with E-state index in [0.717, 1.165) is 54.4 Å². The lowest BCUT2D eigenvalue weighted by Crippen LogP contribution is -2.48. The average molecular weight is 507 g/mol. The van der Waals surface area contributed by atoms with E-state index in [9.17, 15) is 4.79 Å². The lowest BCUT2D eigenvalue weighted by molar-refractivity contribution is -0.122. The summed E-state index contributed by atoms with van der Waals surface area (Å²) in [6.45, 7) is 4.98. The Morgan fingerprint density at radius 3 is 2.44 bits per heavy atom. The van der Waals surface area contributed by atoms with E-state index >= 15 is 0 Å². The zero-order valence-electron chi connectivity index (χ0n) is 20.4. The van der Waals surface area contributed by atoms with E-state index in [4.69, 9.17) is 21.1 Å². The maximum absolute atomic E-state index is 12.4. The van der Waals surface area contributed by atoms with Crippen molar-refractivity contribution in [3.63, 3.8) is 0 Å². The molecular formula is C28H31ClN4O3. The first kappa shape index (κ1) is 25.7. The molecule has 36 heavy (non-hydrogen) atoms. The highest BCUT2D eigenvalue weighted by Crippen LogP contribution is 2.28. The number of hydrazone groups is 1. The molecule has 1 heterocycles. The van der Waals surface area contributed by atoms with Gasteiger partial charge in [-0.15, -0.1) is 0 Å². The third kappa shape index (κ3) is 7.55. The molecular weight excluding hydrogens is 476 g/mol. The van der Waals surface area contributed by atoms with Crippen LogP contribution in [-0.2, 0) is 17.9 Å². The van der Waals surface area contributed by atoms with Gasteiger partial charge in [-0.05, 0) is 41.0 Å². The zero-order valence-corrected chi connectivity index (χ0v) is 21.2. The number of hydrogen-bond acceptors (Lipinski definition) is 6. The minimum absolute atomic E-state index is 0.139. The van der Waals surface area contributed by atoms with Crippen molar-refractivity contribution in [2.45, 2.75) is 13.2 Å². The smallest absolute Gasteiger partial charge is 0.254 e. The summed E-state index contributed by atoms with van der Waals surface area (Å²) in [5, 5.41) is 4.93. The minimum atomic E-state index is -0.139. The Kier molecular flexibility index (Phi) is 9.33. The molecule has 0 spiro atoms. The van der Waals surface area contributed by atoms with Gasteiger partial charge in [-0.25, -0.2) is 5.43 Å². The quantitative estimate of drug-likeness (QED) is 0.330. The third-order valence-corrected chi connectivity index (χ3v) is 6.38. The fraction of sp³-hybridized carbons (Fsp3) is 0.286. The lowest BCUT2D eigenvalue weighted by Gasteiger charge is -2.34. The Morgan fingerprint density at radius 2 is 1.69 bits per heavy atom. The molecule has 188 valence electrons. The highest BCUT2D eigenvalue weighted by molar-refractivity contribution is 6.31. The van der Waals surface area contributed by atoms with Gasteiger partial charge >= 0.3 is 0 Å². The maximum Gasteiger partial charge on any atom is 0.254 e. The summed E-state index contributed by atoms with van der Waals surface area (Å²) in [5.74, 6) is 1.12. The van der Waals surface area contributed by atoms with Crippen molar-refractivity contribution in [3.8, 4) is 11.5 Å². The van der Waals surface area contributed by atoms with Crippen LogP contribution in [-0.4, -0.2) is 61.8 Å². The van der Waals surface area contributed by atoms with Crippen molar-refractivity contribution < 1.29 is 14.3 Å². The van der Waals surface area contributed by atoms with Gasteiger partial charge in [0.15, 0.2) is 11.5 Å². The standard InChI is InChI=1S/C28H31ClN4O3/c1-35-26-12-11-23(17-27(26)36-21-22-7-3-2-4-8-22)18-30-31-28(34)20-33-15-13-32(14-16-33)19-24-9-5-6-10-25(24)29/h2-12,17-18H,13-16,19-21H2,1H3,(H,31,34). The number of carbonyl (C=O) groups excluding carboxylic acids is 1. The summed E-state index contributed by atoms with van der Waals surface area (Å²) in [6.07, 6.45) is 1.61. The molecule has 1 N–H and O–H groups in total. The molecule has 0 aliphatic carbocycles. The molecule has 0 aromatic heterocycles. The van der Waals surface area contributed by atoms with Crippen molar-refractivity contribution >= 4 is 23.7 Å². The Labute approximate surface area is 217 Å². The van der Waals surface area contributed by atoms with Crippen LogP contribution < -0.4 is 14.9 Å². The van der Waals surface area contributed by atoms with Crippen molar-refractivity contribution in [2.24, 2.45) is 5.10 Å². The molecule has 1 fully saturated rings. The minimum Gasteiger partial charge on any atom is -0.493 e. The van der Waals surface area contributed by atoms with E-state index in [0.29, 0.717) is 24.7 Å². The number of benzene rings is 3. The van der Waals surface area contributed by atoms with Crippen LogP contribution in [0.4, 0.5) is 0 Å². The highest BCUT2D eigenvalue weighted by atomic mass is 35.5. The molecule has 3 aromatic carbocycles. The first-order chi connectivity index (χ1) is 17.6. The fourth-order valence-corrected chi connectivity index (χ4v) is 4.21. The van der Waals surface area contributed by atoms with Gasteiger partial charge in [-0.3, -0.25) is 14.6 Å². The number of halogens is 1. The first-order valence-corrected chi connectivity index (χ1v) is 12.3. The van der Waals surface area contributed by atoms with Gasteiger partial charge in [-0.2, -0.15) is 5.10 Å². The molecule has 4 rings (SSSR count). The van der Waals surface area contributed by atoms with Crippen LogP contribution in [0, 0.1) is 0 Å². The number of ether oxygens (including phenoxy) is 2. The van der Waals surface area contributed by atoms with Crippen LogP contribution in [0.25, 0.3) is 0 Å². The molecule has 3 aromatic rings. The van der Waals surface area contributed by atoms with Crippen LogP contribution in [0.2, 0.25) is 5.02 Å². The largest absolute Gasteiger partial charge is 0.493 e. The SMILES string of the molecule is COc1ccc(C=NNC(=O)CN2CCN(Cc3ccccc3Cl)CC2)cc1OCc1ccccc1. The number of amides is 1. The Hall–Kier alpha value is -3.39. The third-order valence-electron chi connectivity index (χ3n) is 6.01. The Balaban J connectivity index is 1.23. The summed E-state index contributed by atoms with van der Waals surface area (Å²) in [6, 6.07) is 23.4. The van der Waals surface area contributed by atoms with Gasteiger partial charge in [-0.1, -0.05) is 60.1 Å². The molecule has 1 saturated heterocycles. The van der Waals surface area contributed by atoms with Gasteiger partial charge < -0.3 is 9.47 Å². The number of hydrogen-bond donors (Lipinski definition) is 1. The molecule has 0 saturated carbocycles. The second-order valence-corrected chi connectivity index (χ2v) is 9.03. The average Bonchev–Trinajstić information content (AvgIpc) is 2.90.